The van der Waals surface area contributed by atoms with Gasteiger partial charge in [-0.25, -0.2) is 4.39 Å². The third kappa shape index (κ3) is 4.20. The molecule has 1 rings (SSSR count). The third-order valence-corrected chi connectivity index (χ3v) is 3.46. The van der Waals surface area contributed by atoms with E-state index in [-0.39, 0.29) is 5.56 Å². The maximum Gasteiger partial charge on any atom is 0.416 e. The van der Waals surface area contributed by atoms with Crippen LogP contribution in [-0.2, 0) is 6.18 Å². The molecule has 1 nitrogen and oxygen atoms in total. The number of hydrogen-bond donors (Lipinski definition) is 1. The molecule has 0 aliphatic rings. The second-order valence-electron chi connectivity index (χ2n) is 4.76. The normalized spacial score (nSPS) is 13.9. The summed E-state index contributed by atoms with van der Waals surface area (Å²) in [5, 5.41) is 0. The fourth-order valence-corrected chi connectivity index (χ4v) is 2.11. The van der Waals surface area contributed by atoms with Crippen molar-refractivity contribution in [2.45, 2.75) is 45.3 Å². The SMILES string of the molecule is CCC(CC)CC(N)c1cc(C(F)(F)F)ccc1F. The van der Waals surface area contributed by atoms with Crippen molar-refractivity contribution in [1.29, 1.82) is 0 Å². The Labute approximate surface area is 110 Å². The van der Waals surface area contributed by atoms with Gasteiger partial charge in [0.05, 0.1) is 5.56 Å². The largest absolute Gasteiger partial charge is 0.416 e. The van der Waals surface area contributed by atoms with Gasteiger partial charge in [0.1, 0.15) is 5.82 Å². The molecule has 2 N–H and O–H groups in total. The maximum absolute atomic E-state index is 13.6. The van der Waals surface area contributed by atoms with Crippen LogP contribution in [0.15, 0.2) is 18.2 Å². The van der Waals surface area contributed by atoms with Gasteiger partial charge in [-0.1, -0.05) is 26.7 Å². The Morgan fingerprint density at radius 2 is 1.74 bits per heavy atom. The fraction of sp³-hybridized carbons (Fsp3) is 0.571. The van der Waals surface area contributed by atoms with Crippen LogP contribution in [0.2, 0.25) is 0 Å². The number of benzene rings is 1. The Morgan fingerprint density at radius 1 is 1.16 bits per heavy atom. The van der Waals surface area contributed by atoms with E-state index < -0.39 is 23.6 Å². The highest BCUT2D eigenvalue weighted by atomic mass is 19.4. The predicted molar refractivity (Wildman–Crippen MR) is 67.0 cm³/mol. The van der Waals surface area contributed by atoms with Gasteiger partial charge < -0.3 is 5.73 Å². The van der Waals surface area contributed by atoms with E-state index >= 15 is 0 Å². The zero-order valence-corrected chi connectivity index (χ0v) is 11.1. The van der Waals surface area contributed by atoms with Crippen molar-refractivity contribution in [2.75, 3.05) is 0 Å². The van der Waals surface area contributed by atoms with Crippen LogP contribution in [0.25, 0.3) is 0 Å². The highest BCUT2D eigenvalue weighted by Gasteiger charge is 2.31. The molecular formula is C14H19F4N. The molecule has 0 aliphatic heterocycles. The molecular weight excluding hydrogens is 258 g/mol. The quantitative estimate of drug-likeness (QED) is 0.777. The molecule has 0 bridgehead atoms. The van der Waals surface area contributed by atoms with Crippen molar-refractivity contribution in [3.8, 4) is 0 Å². The van der Waals surface area contributed by atoms with Crippen LogP contribution in [0.3, 0.4) is 0 Å². The van der Waals surface area contributed by atoms with E-state index in [1.165, 1.54) is 0 Å². The second-order valence-corrected chi connectivity index (χ2v) is 4.76. The Kier molecular flexibility index (Phi) is 5.35. The predicted octanol–water partition coefficient (Wildman–Crippen LogP) is 4.67. The zero-order valence-electron chi connectivity index (χ0n) is 11.1. The van der Waals surface area contributed by atoms with Gasteiger partial charge in [-0.15, -0.1) is 0 Å². The highest BCUT2D eigenvalue weighted by Crippen LogP contribution is 2.33. The van der Waals surface area contributed by atoms with E-state index in [1.807, 2.05) is 13.8 Å². The van der Waals surface area contributed by atoms with E-state index in [4.69, 9.17) is 5.73 Å². The summed E-state index contributed by atoms with van der Waals surface area (Å²) in [6, 6.07) is 1.70. The molecule has 108 valence electrons. The van der Waals surface area contributed by atoms with Crippen molar-refractivity contribution < 1.29 is 17.6 Å². The number of hydrogen-bond acceptors (Lipinski definition) is 1. The zero-order chi connectivity index (χ0) is 14.6. The molecule has 1 aromatic rings. The van der Waals surface area contributed by atoms with Crippen LogP contribution in [0.4, 0.5) is 17.6 Å². The van der Waals surface area contributed by atoms with Gasteiger partial charge in [-0.3, -0.25) is 0 Å². The molecule has 5 heteroatoms. The first kappa shape index (κ1) is 16.0. The molecule has 19 heavy (non-hydrogen) atoms. The van der Waals surface area contributed by atoms with Gasteiger partial charge in [-0.05, 0) is 30.5 Å². The standard InChI is InChI=1S/C14H19F4N/c1-3-9(4-2)7-13(19)11-8-10(14(16,17)18)5-6-12(11)15/h5-6,8-9,13H,3-4,7,19H2,1-2H3. The average molecular weight is 277 g/mol. The summed E-state index contributed by atoms with van der Waals surface area (Å²) in [7, 11) is 0. The maximum atomic E-state index is 13.6. The van der Waals surface area contributed by atoms with Crippen molar-refractivity contribution in [2.24, 2.45) is 11.7 Å². The minimum Gasteiger partial charge on any atom is -0.324 e. The van der Waals surface area contributed by atoms with Crippen LogP contribution in [0.1, 0.15) is 50.3 Å². The Balaban J connectivity index is 2.98. The number of alkyl halides is 3. The van der Waals surface area contributed by atoms with Gasteiger partial charge in [-0.2, -0.15) is 13.2 Å². The summed E-state index contributed by atoms with van der Waals surface area (Å²) in [5.74, 6) is -0.379. The first-order valence-corrected chi connectivity index (χ1v) is 6.41. The van der Waals surface area contributed by atoms with Crippen molar-refractivity contribution >= 4 is 0 Å². The lowest BCUT2D eigenvalue weighted by atomic mass is 9.91. The number of rotatable bonds is 5. The monoisotopic (exact) mass is 277 g/mol. The van der Waals surface area contributed by atoms with Gasteiger partial charge in [0, 0.05) is 11.6 Å². The number of halogens is 4. The van der Waals surface area contributed by atoms with Crippen LogP contribution in [0.5, 0.6) is 0 Å². The van der Waals surface area contributed by atoms with E-state index in [9.17, 15) is 17.6 Å². The molecule has 0 heterocycles. The molecule has 0 spiro atoms. The molecule has 0 aliphatic carbocycles. The van der Waals surface area contributed by atoms with E-state index in [1.54, 1.807) is 0 Å². The first-order valence-electron chi connectivity index (χ1n) is 6.41. The molecule has 0 saturated carbocycles. The lowest BCUT2D eigenvalue weighted by Crippen LogP contribution is -2.17. The Bertz CT molecular complexity index is 410. The summed E-state index contributed by atoms with van der Waals surface area (Å²) in [5.41, 5.74) is 4.94. The first-order chi connectivity index (χ1) is 8.79. The highest BCUT2D eigenvalue weighted by molar-refractivity contribution is 5.29. The minimum absolute atomic E-state index is 0.0540. The minimum atomic E-state index is -4.48. The van der Waals surface area contributed by atoms with Crippen LogP contribution >= 0.6 is 0 Å². The fourth-order valence-electron chi connectivity index (χ4n) is 2.11. The summed E-state index contributed by atoms with van der Waals surface area (Å²) < 4.78 is 51.4. The van der Waals surface area contributed by atoms with Gasteiger partial charge in [0.25, 0.3) is 0 Å². The molecule has 1 unspecified atom stereocenters. The summed E-state index contributed by atoms with van der Waals surface area (Å²) in [4.78, 5) is 0. The van der Waals surface area contributed by atoms with Crippen molar-refractivity contribution in [1.82, 2.24) is 0 Å². The molecule has 0 aromatic heterocycles. The smallest absolute Gasteiger partial charge is 0.324 e. The van der Waals surface area contributed by atoms with Crippen LogP contribution in [-0.4, -0.2) is 0 Å². The summed E-state index contributed by atoms with van der Waals surface area (Å²) in [6.07, 6.45) is -2.22. The van der Waals surface area contributed by atoms with Gasteiger partial charge in [0.2, 0.25) is 0 Å². The summed E-state index contributed by atoms with van der Waals surface area (Å²) >= 11 is 0. The lowest BCUT2D eigenvalue weighted by molar-refractivity contribution is -0.137. The van der Waals surface area contributed by atoms with Gasteiger partial charge >= 0.3 is 6.18 Å². The molecule has 1 atom stereocenters. The molecule has 0 fully saturated rings. The molecule has 0 radical (unpaired) electrons. The topological polar surface area (TPSA) is 26.0 Å². The molecule has 0 amide bonds. The molecule has 0 saturated heterocycles. The van der Waals surface area contributed by atoms with Crippen LogP contribution in [0, 0.1) is 11.7 Å². The van der Waals surface area contributed by atoms with E-state index in [0.717, 1.165) is 31.0 Å². The second kappa shape index (κ2) is 6.37. The van der Waals surface area contributed by atoms with Gasteiger partial charge in [0.15, 0.2) is 0 Å². The number of nitrogens with two attached hydrogens (primary N) is 1. The molecule has 1 aromatic carbocycles. The van der Waals surface area contributed by atoms with E-state index in [2.05, 4.69) is 0 Å². The average Bonchev–Trinajstić information content (AvgIpc) is 2.34. The van der Waals surface area contributed by atoms with E-state index in [0.29, 0.717) is 12.3 Å². The third-order valence-electron chi connectivity index (χ3n) is 3.46. The van der Waals surface area contributed by atoms with Crippen molar-refractivity contribution in [3.05, 3.63) is 35.1 Å². The summed E-state index contributed by atoms with van der Waals surface area (Å²) in [6.45, 7) is 3.98. The Hall–Kier alpha value is -1.10. The van der Waals surface area contributed by atoms with Crippen molar-refractivity contribution in [3.63, 3.8) is 0 Å². The van der Waals surface area contributed by atoms with Crippen LogP contribution < -0.4 is 5.73 Å². The lowest BCUT2D eigenvalue weighted by Gasteiger charge is -2.20. The Morgan fingerprint density at radius 3 is 2.21 bits per heavy atom.